The number of hydrogen-bond acceptors (Lipinski definition) is 5. The molecule has 0 saturated heterocycles. The van der Waals surface area contributed by atoms with E-state index in [1.165, 1.54) is 13.3 Å². The number of halogens is 1. The maximum absolute atomic E-state index is 12.8. The Morgan fingerprint density at radius 1 is 1.33 bits per heavy atom. The van der Waals surface area contributed by atoms with E-state index < -0.39 is 0 Å². The first-order valence-electron chi connectivity index (χ1n) is 8.55. The fraction of sp³-hybridized carbons (Fsp3) is 0.316. The third-order valence-corrected chi connectivity index (χ3v) is 4.56. The normalized spacial score (nSPS) is 12.9. The van der Waals surface area contributed by atoms with Crippen molar-refractivity contribution in [3.63, 3.8) is 0 Å². The van der Waals surface area contributed by atoms with Gasteiger partial charge in [-0.1, -0.05) is 11.6 Å². The van der Waals surface area contributed by atoms with Gasteiger partial charge in [0.1, 0.15) is 5.75 Å². The third kappa shape index (κ3) is 4.14. The molecule has 2 aromatic rings. The zero-order chi connectivity index (χ0) is 19.4. The van der Waals surface area contributed by atoms with Gasteiger partial charge >= 0.3 is 6.09 Å². The van der Waals surface area contributed by atoms with E-state index in [0.29, 0.717) is 48.1 Å². The average Bonchev–Trinajstić information content (AvgIpc) is 2.67. The van der Waals surface area contributed by atoms with Crippen LogP contribution in [0.15, 0.2) is 30.6 Å². The van der Waals surface area contributed by atoms with Gasteiger partial charge in [0.2, 0.25) is 0 Å². The molecule has 27 heavy (non-hydrogen) atoms. The van der Waals surface area contributed by atoms with E-state index in [2.05, 4.69) is 10.3 Å². The van der Waals surface area contributed by atoms with Crippen LogP contribution < -0.4 is 10.1 Å². The van der Waals surface area contributed by atoms with Crippen molar-refractivity contribution in [3.05, 3.63) is 52.3 Å². The largest absolute Gasteiger partial charge is 0.495 e. The number of carbonyl (C=O) groups is 2. The molecule has 2 heterocycles. The molecule has 0 unspecified atom stereocenters. The number of nitrogens with zero attached hydrogens (tertiary/aromatic N) is 2. The Balaban J connectivity index is 1.83. The molecule has 142 valence electrons. The number of nitrogens with one attached hydrogen (secondary N) is 1. The predicted octanol–water partition coefficient (Wildman–Crippen LogP) is 3.51. The third-order valence-electron chi connectivity index (χ3n) is 4.32. The SMILES string of the molecule is CCOC(=O)N1CCc2c(cncc2C(=O)Nc2cc(Cl)ccc2OC)C1. The Morgan fingerprint density at radius 3 is 2.89 bits per heavy atom. The van der Waals surface area contributed by atoms with Crippen molar-refractivity contribution in [3.8, 4) is 5.75 Å². The fourth-order valence-corrected chi connectivity index (χ4v) is 3.20. The summed E-state index contributed by atoms with van der Waals surface area (Å²) in [5.74, 6) is 0.212. The van der Waals surface area contributed by atoms with Crippen LogP contribution >= 0.6 is 11.6 Å². The molecule has 1 aromatic carbocycles. The molecule has 0 radical (unpaired) electrons. The Morgan fingerprint density at radius 2 is 2.15 bits per heavy atom. The standard InChI is InChI=1S/C19H20ClN3O4/c1-3-27-19(25)23-7-6-14-12(11-23)9-21-10-15(14)18(24)22-16-8-13(20)4-5-17(16)26-2/h4-5,8-10H,3,6-7,11H2,1-2H3,(H,22,24). The van der Waals surface area contributed by atoms with Gasteiger partial charge in [0.25, 0.3) is 5.91 Å². The van der Waals surface area contributed by atoms with E-state index >= 15 is 0 Å². The lowest BCUT2D eigenvalue weighted by Gasteiger charge is -2.28. The molecule has 1 N–H and O–H groups in total. The summed E-state index contributed by atoms with van der Waals surface area (Å²) in [6, 6.07) is 5.00. The van der Waals surface area contributed by atoms with Gasteiger partial charge in [-0.15, -0.1) is 0 Å². The molecule has 7 nitrogen and oxygen atoms in total. The van der Waals surface area contributed by atoms with Crippen LogP contribution in [-0.2, 0) is 17.7 Å². The van der Waals surface area contributed by atoms with Gasteiger partial charge in [-0.25, -0.2) is 4.79 Å². The molecule has 1 aliphatic heterocycles. The van der Waals surface area contributed by atoms with Crippen LogP contribution in [0.3, 0.4) is 0 Å². The number of rotatable bonds is 4. The molecule has 1 aliphatic rings. The van der Waals surface area contributed by atoms with Gasteiger partial charge in [0.15, 0.2) is 0 Å². The van der Waals surface area contributed by atoms with Crippen molar-refractivity contribution in [2.45, 2.75) is 19.9 Å². The molecule has 0 aliphatic carbocycles. The lowest BCUT2D eigenvalue weighted by atomic mass is 9.97. The van der Waals surface area contributed by atoms with Crippen molar-refractivity contribution >= 4 is 29.3 Å². The topological polar surface area (TPSA) is 80.8 Å². The number of ether oxygens (including phenoxy) is 2. The summed E-state index contributed by atoms with van der Waals surface area (Å²) in [6.07, 6.45) is 3.40. The fourth-order valence-electron chi connectivity index (χ4n) is 3.03. The summed E-state index contributed by atoms with van der Waals surface area (Å²) < 4.78 is 10.3. The maximum atomic E-state index is 12.8. The van der Waals surface area contributed by atoms with E-state index in [-0.39, 0.29) is 12.0 Å². The van der Waals surface area contributed by atoms with Crippen LogP contribution in [0.5, 0.6) is 5.75 Å². The Kier molecular flexibility index (Phi) is 5.81. The number of aromatic nitrogens is 1. The van der Waals surface area contributed by atoms with Gasteiger partial charge in [0.05, 0.1) is 31.5 Å². The Labute approximate surface area is 162 Å². The molecule has 3 rings (SSSR count). The number of methoxy groups -OCH3 is 1. The second-order valence-corrected chi connectivity index (χ2v) is 6.43. The molecule has 2 amide bonds. The first kappa shape index (κ1) is 19.0. The quantitative estimate of drug-likeness (QED) is 0.865. The molecule has 0 bridgehead atoms. The van der Waals surface area contributed by atoms with Crippen LogP contribution in [0.25, 0.3) is 0 Å². The molecule has 0 fully saturated rings. The van der Waals surface area contributed by atoms with Gasteiger partial charge < -0.3 is 19.7 Å². The summed E-state index contributed by atoms with van der Waals surface area (Å²) in [6.45, 7) is 2.94. The van der Waals surface area contributed by atoms with Crippen LogP contribution in [0.1, 0.15) is 28.4 Å². The van der Waals surface area contributed by atoms with Gasteiger partial charge in [-0.2, -0.15) is 0 Å². The maximum Gasteiger partial charge on any atom is 0.410 e. The minimum absolute atomic E-state index is 0.301. The van der Waals surface area contributed by atoms with Gasteiger partial charge in [0, 0.05) is 24.0 Å². The Hall–Kier alpha value is -2.80. The zero-order valence-electron chi connectivity index (χ0n) is 15.1. The van der Waals surface area contributed by atoms with Crippen molar-refractivity contribution in [1.82, 2.24) is 9.88 Å². The first-order chi connectivity index (χ1) is 13.0. The van der Waals surface area contributed by atoms with E-state index in [1.54, 1.807) is 36.2 Å². The monoisotopic (exact) mass is 389 g/mol. The number of amides is 2. The molecular formula is C19H20ClN3O4. The van der Waals surface area contributed by atoms with Crippen molar-refractivity contribution in [2.75, 3.05) is 25.6 Å². The highest BCUT2D eigenvalue weighted by molar-refractivity contribution is 6.31. The minimum atomic E-state index is -0.360. The van der Waals surface area contributed by atoms with E-state index in [4.69, 9.17) is 21.1 Å². The van der Waals surface area contributed by atoms with Gasteiger partial charge in [-0.3, -0.25) is 9.78 Å². The summed E-state index contributed by atoms with van der Waals surface area (Å²) in [4.78, 5) is 30.5. The lowest BCUT2D eigenvalue weighted by Crippen LogP contribution is -2.37. The predicted molar refractivity (Wildman–Crippen MR) is 101 cm³/mol. The number of anilines is 1. The average molecular weight is 390 g/mol. The van der Waals surface area contributed by atoms with E-state index in [1.807, 2.05) is 0 Å². The Bertz CT molecular complexity index is 872. The van der Waals surface area contributed by atoms with Crippen molar-refractivity contribution < 1.29 is 19.1 Å². The number of benzene rings is 1. The van der Waals surface area contributed by atoms with E-state index in [9.17, 15) is 9.59 Å². The van der Waals surface area contributed by atoms with Crippen LogP contribution in [0, 0.1) is 0 Å². The number of hydrogen-bond donors (Lipinski definition) is 1. The molecular weight excluding hydrogens is 370 g/mol. The number of carbonyl (C=O) groups excluding carboxylic acids is 2. The highest BCUT2D eigenvalue weighted by Gasteiger charge is 2.25. The first-order valence-corrected chi connectivity index (χ1v) is 8.93. The summed E-state index contributed by atoms with van der Waals surface area (Å²) in [7, 11) is 1.52. The van der Waals surface area contributed by atoms with Crippen LogP contribution in [0.2, 0.25) is 5.02 Å². The summed E-state index contributed by atoms with van der Waals surface area (Å²) in [5, 5.41) is 3.32. The van der Waals surface area contributed by atoms with E-state index in [0.717, 1.165) is 11.1 Å². The highest BCUT2D eigenvalue weighted by Crippen LogP contribution is 2.29. The minimum Gasteiger partial charge on any atom is -0.495 e. The molecule has 0 saturated carbocycles. The zero-order valence-corrected chi connectivity index (χ0v) is 15.9. The highest BCUT2D eigenvalue weighted by atomic mass is 35.5. The lowest BCUT2D eigenvalue weighted by molar-refractivity contribution is 0.101. The molecule has 8 heteroatoms. The summed E-state index contributed by atoms with van der Waals surface area (Å²) in [5.41, 5.74) is 2.67. The second kappa shape index (κ2) is 8.26. The number of pyridine rings is 1. The van der Waals surface area contributed by atoms with Crippen molar-refractivity contribution in [1.29, 1.82) is 0 Å². The van der Waals surface area contributed by atoms with Crippen molar-refractivity contribution in [2.24, 2.45) is 0 Å². The second-order valence-electron chi connectivity index (χ2n) is 5.99. The van der Waals surface area contributed by atoms with Crippen LogP contribution in [0.4, 0.5) is 10.5 Å². The number of fused-ring (bicyclic) bond motifs is 1. The molecule has 0 atom stereocenters. The van der Waals surface area contributed by atoms with Crippen LogP contribution in [-0.4, -0.2) is 42.1 Å². The molecule has 0 spiro atoms. The summed E-state index contributed by atoms with van der Waals surface area (Å²) >= 11 is 6.02. The van der Waals surface area contributed by atoms with Gasteiger partial charge in [-0.05, 0) is 42.7 Å². The smallest absolute Gasteiger partial charge is 0.410 e. The molecule has 1 aromatic heterocycles.